The van der Waals surface area contributed by atoms with E-state index in [1.165, 1.54) is 0 Å². The lowest BCUT2D eigenvalue weighted by atomic mass is 10.1. The molecule has 1 aliphatic rings. The summed E-state index contributed by atoms with van der Waals surface area (Å²) in [6, 6.07) is 0.139. The maximum atomic E-state index is 4.69. The Labute approximate surface area is 152 Å². The van der Waals surface area contributed by atoms with Crippen LogP contribution in [0.1, 0.15) is 43.1 Å². The van der Waals surface area contributed by atoms with Crippen LogP contribution >= 0.6 is 11.3 Å². The maximum Gasteiger partial charge on any atom is 0.192 e. The molecule has 2 N–H and O–H groups in total. The topological polar surface area (TPSA) is 83.3 Å². The van der Waals surface area contributed by atoms with Crippen molar-refractivity contribution in [1.82, 2.24) is 30.4 Å². The van der Waals surface area contributed by atoms with Gasteiger partial charge in [0.05, 0.1) is 18.3 Å². The first-order valence-electron chi connectivity index (χ1n) is 8.64. The SMILES string of the molecule is CCNC(=NCc1csc(N(C)C)n1)NC1CCCn2nc(C)nc21. The van der Waals surface area contributed by atoms with E-state index in [1.54, 1.807) is 11.3 Å². The first kappa shape index (κ1) is 17.7. The van der Waals surface area contributed by atoms with E-state index < -0.39 is 0 Å². The van der Waals surface area contributed by atoms with Crippen molar-refractivity contribution in [2.75, 3.05) is 25.5 Å². The molecule has 0 spiro atoms. The minimum Gasteiger partial charge on any atom is -0.357 e. The molecule has 136 valence electrons. The number of aryl methyl sites for hydroxylation is 2. The fraction of sp³-hybridized carbons (Fsp3) is 0.625. The lowest BCUT2D eigenvalue weighted by Crippen LogP contribution is -2.41. The van der Waals surface area contributed by atoms with Gasteiger partial charge in [-0.2, -0.15) is 5.10 Å². The highest BCUT2D eigenvalue weighted by molar-refractivity contribution is 7.13. The van der Waals surface area contributed by atoms with Gasteiger partial charge in [-0.1, -0.05) is 0 Å². The molecule has 3 heterocycles. The zero-order valence-corrected chi connectivity index (χ0v) is 16.1. The number of thiazole rings is 1. The maximum absolute atomic E-state index is 4.69. The number of nitrogens with zero attached hydrogens (tertiary/aromatic N) is 6. The molecule has 1 aliphatic heterocycles. The normalized spacial score (nSPS) is 17.3. The quantitative estimate of drug-likeness (QED) is 0.622. The predicted octanol–water partition coefficient (Wildman–Crippen LogP) is 1.70. The molecule has 25 heavy (non-hydrogen) atoms. The summed E-state index contributed by atoms with van der Waals surface area (Å²) in [6.07, 6.45) is 2.12. The molecule has 8 nitrogen and oxygen atoms in total. The van der Waals surface area contributed by atoms with Crippen molar-refractivity contribution in [3.8, 4) is 0 Å². The first-order chi connectivity index (χ1) is 12.1. The van der Waals surface area contributed by atoms with Gasteiger partial charge < -0.3 is 15.5 Å². The van der Waals surface area contributed by atoms with E-state index in [9.17, 15) is 0 Å². The Hall–Kier alpha value is -2.16. The average molecular weight is 363 g/mol. The molecule has 0 aromatic carbocycles. The van der Waals surface area contributed by atoms with Crippen molar-refractivity contribution in [3.63, 3.8) is 0 Å². The van der Waals surface area contributed by atoms with Crippen LogP contribution in [-0.4, -0.2) is 46.3 Å². The minimum atomic E-state index is 0.139. The molecular formula is C16H26N8S. The number of anilines is 1. The monoisotopic (exact) mass is 362 g/mol. The van der Waals surface area contributed by atoms with Gasteiger partial charge in [0.1, 0.15) is 11.6 Å². The van der Waals surface area contributed by atoms with Crippen LogP contribution in [0.25, 0.3) is 0 Å². The highest BCUT2D eigenvalue weighted by Gasteiger charge is 2.24. The van der Waals surface area contributed by atoms with Gasteiger partial charge in [-0.05, 0) is 26.7 Å². The number of fused-ring (bicyclic) bond motifs is 1. The highest BCUT2D eigenvalue weighted by atomic mass is 32.1. The summed E-state index contributed by atoms with van der Waals surface area (Å²) in [5.41, 5.74) is 0.980. The number of nitrogens with one attached hydrogen (secondary N) is 2. The number of aromatic nitrogens is 4. The number of aliphatic imine (C=N–C) groups is 1. The summed E-state index contributed by atoms with van der Waals surface area (Å²) in [7, 11) is 4.00. The molecule has 1 atom stereocenters. The molecule has 0 saturated heterocycles. The molecule has 1 unspecified atom stereocenters. The molecule has 9 heteroatoms. The van der Waals surface area contributed by atoms with Crippen molar-refractivity contribution in [1.29, 1.82) is 0 Å². The number of guanidine groups is 1. The van der Waals surface area contributed by atoms with E-state index in [4.69, 9.17) is 4.99 Å². The number of rotatable bonds is 5. The summed E-state index contributed by atoms with van der Waals surface area (Å²) in [6.45, 7) is 6.31. The molecule has 0 aliphatic carbocycles. The van der Waals surface area contributed by atoms with Gasteiger partial charge in [0.2, 0.25) is 0 Å². The second-order valence-electron chi connectivity index (χ2n) is 6.29. The van der Waals surface area contributed by atoms with Crippen LogP contribution < -0.4 is 15.5 Å². The van der Waals surface area contributed by atoms with Crippen molar-refractivity contribution in [3.05, 3.63) is 22.7 Å². The van der Waals surface area contributed by atoms with Gasteiger partial charge in [-0.15, -0.1) is 11.3 Å². The van der Waals surface area contributed by atoms with Gasteiger partial charge in [-0.3, -0.25) is 0 Å². The zero-order chi connectivity index (χ0) is 17.8. The molecule has 0 fully saturated rings. The van der Waals surface area contributed by atoms with Gasteiger partial charge in [-0.25, -0.2) is 19.6 Å². The van der Waals surface area contributed by atoms with E-state index in [0.29, 0.717) is 6.54 Å². The Morgan fingerprint density at radius 1 is 1.44 bits per heavy atom. The van der Waals surface area contributed by atoms with Crippen molar-refractivity contribution >= 4 is 22.4 Å². The second-order valence-corrected chi connectivity index (χ2v) is 7.13. The molecule has 0 amide bonds. The molecule has 0 radical (unpaired) electrons. The van der Waals surface area contributed by atoms with E-state index in [1.807, 2.05) is 30.6 Å². The summed E-state index contributed by atoms with van der Waals surface area (Å²) in [5.74, 6) is 2.61. The third-order valence-electron chi connectivity index (χ3n) is 3.96. The lowest BCUT2D eigenvalue weighted by molar-refractivity contribution is 0.397. The second kappa shape index (κ2) is 7.81. The van der Waals surface area contributed by atoms with Crippen LogP contribution in [-0.2, 0) is 13.1 Å². The van der Waals surface area contributed by atoms with Gasteiger partial charge in [0.25, 0.3) is 0 Å². The molecule has 2 aromatic heterocycles. The Bertz CT molecular complexity index is 732. The van der Waals surface area contributed by atoms with Gasteiger partial charge in [0, 0.05) is 32.6 Å². The van der Waals surface area contributed by atoms with Crippen LogP contribution in [0.3, 0.4) is 0 Å². The summed E-state index contributed by atoms with van der Waals surface area (Å²) >= 11 is 1.63. The van der Waals surface area contributed by atoms with Crippen LogP contribution in [0.4, 0.5) is 5.13 Å². The van der Waals surface area contributed by atoms with Gasteiger partial charge in [0.15, 0.2) is 11.1 Å². The summed E-state index contributed by atoms with van der Waals surface area (Å²) < 4.78 is 2.00. The van der Waals surface area contributed by atoms with Crippen LogP contribution in [0.5, 0.6) is 0 Å². The van der Waals surface area contributed by atoms with E-state index in [-0.39, 0.29) is 6.04 Å². The fourth-order valence-corrected chi connectivity index (χ4v) is 3.57. The van der Waals surface area contributed by atoms with Crippen LogP contribution in [0.2, 0.25) is 0 Å². The van der Waals surface area contributed by atoms with E-state index in [2.05, 4.69) is 38.0 Å². The van der Waals surface area contributed by atoms with Crippen LogP contribution in [0, 0.1) is 6.92 Å². The van der Waals surface area contributed by atoms with Crippen LogP contribution in [0.15, 0.2) is 10.4 Å². The molecular weight excluding hydrogens is 336 g/mol. The Morgan fingerprint density at radius 3 is 3.00 bits per heavy atom. The lowest BCUT2D eigenvalue weighted by Gasteiger charge is -2.24. The van der Waals surface area contributed by atoms with Crippen molar-refractivity contribution in [2.24, 2.45) is 4.99 Å². The van der Waals surface area contributed by atoms with Crippen molar-refractivity contribution in [2.45, 2.75) is 45.8 Å². The Kier molecular flexibility index (Phi) is 5.52. The largest absolute Gasteiger partial charge is 0.357 e. The average Bonchev–Trinajstić information content (AvgIpc) is 3.19. The highest BCUT2D eigenvalue weighted by Crippen LogP contribution is 2.23. The standard InChI is InChI=1S/C16H26N8S/c1-5-17-15(18-9-12-10-25-16(20-12)23(3)4)21-13-7-6-8-24-14(13)19-11(2)22-24/h10,13H,5-9H2,1-4H3,(H2,17,18,21). The zero-order valence-electron chi connectivity index (χ0n) is 15.3. The molecule has 2 aromatic rings. The Morgan fingerprint density at radius 2 is 2.28 bits per heavy atom. The third kappa shape index (κ3) is 4.28. The molecule has 0 saturated carbocycles. The number of hydrogen-bond acceptors (Lipinski definition) is 6. The molecule has 3 rings (SSSR count). The first-order valence-corrected chi connectivity index (χ1v) is 9.52. The van der Waals surface area contributed by atoms with Crippen molar-refractivity contribution < 1.29 is 0 Å². The predicted molar refractivity (Wildman–Crippen MR) is 101 cm³/mol. The third-order valence-corrected chi connectivity index (χ3v) is 5.01. The molecule has 0 bridgehead atoms. The summed E-state index contributed by atoms with van der Waals surface area (Å²) in [5, 5.41) is 14.3. The van der Waals surface area contributed by atoms with E-state index >= 15 is 0 Å². The smallest absolute Gasteiger partial charge is 0.192 e. The fourth-order valence-electron chi connectivity index (χ4n) is 2.82. The summed E-state index contributed by atoms with van der Waals surface area (Å²) in [4.78, 5) is 15.9. The minimum absolute atomic E-state index is 0.139. The Balaban J connectivity index is 1.70. The van der Waals surface area contributed by atoms with Gasteiger partial charge >= 0.3 is 0 Å². The van der Waals surface area contributed by atoms with E-state index in [0.717, 1.165) is 54.4 Å². The number of hydrogen-bond donors (Lipinski definition) is 2.